The first kappa shape index (κ1) is 15.2. The van der Waals surface area contributed by atoms with Gasteiger partial charge in [0.2, 0.25) is 5.91 Å². The lowest BCUT2D eigenvalue weighted by atomic mass is 10.1. The molecule has 22 heavy (non-hydrogen) atoms. The number of carbonyl (C=O) groups is 1. The molecule has 2 atom stereocenters. The molecule has 3 rings (SSSR count). The molecule has 0 aliphatic carbocycles. The Bertz CT molecular complexity index is 625. The fourth-order valence-electron chi connectivity index (χ4n) is 2.44. The van der Waals surface area contributed by atoms with E-state index in [-0.39, 0.29) is 31.1 Å². The highest BCUT2D eigenvalue weighted by molar-refractivity contribution is 7.13. The van der Waals surface area contributed by atoms with Crippen LogP contribution in [0.4, 0.5) is 0 Å². The summed E-state index contributed by atoms with van der Waals surface area (Å²) in [6.07, 6.45) is 3.21. The molecule has 7 heteroatoms. The summed E-state index contributed by atoms with van der Waals surface area (Å²) in [4.78, 5) is 18.7. The number of aromatic nitrogens is 1. The topological polar surface area (TPSA) is 75.8 Å². The third-order valence-corrected chi connectivity index (χ3v) is 4.62. The average molecular weight is 322 g/mol. The lowest BCUT2D eigenvalue weighted by Gasteiger charge is -2.37. The van der Waals surface area contributed by atoms with E-state index in [0.717, 1.165) is 16.3 Å². The van der Waals surface area contributed by atoms with E-state index in [1.54, 1.807) is 17.4 Å². The second-order valence-corrected chi connectivity index (χ2v) is 6.22. The van der Waals surface area contributed by atoms with E-state index in [2.05, 4.69) is 4.98 Å². The standard InChI is InChI=1S/C15H18N2O4S/c1-10-7-21-13(6-18)5-17(10)14(19)4-12-9-22-15(16-12)11-2-3-20-8-11/h2-3,8-10,13,18H,4-7H2,1H3/t10-,13+/m0/s1. The van der Waals surface area contributed by atoms with Crippen LogP contribution in [0.2, 0.25) is 0 Å². The molecule has 0 aromatic carbocycles. The summed E-state index contributed by atoms with van der Waals surface area (Å²) in [5.74, 6) is 0.0123. The predicted molar refractivity (Wildman–Crippen MR) is 81.5 cm³/mol. The molecule has 0 saturated carbocycles. The molecule has 118 valence electrons. The van der Waals surface area contributed by atoms with Crippen molar-refractivity contribution in [3.05, 3.63) is 29.7 Å². The highest BCUT2D eigenvalue weighted by atomic mass is 32.1. The molecule has 1 fully saturated rings. The quantitative estimate of drug-likeness (QED) is 0.924. The Hall–Kier alpha value is -1.70. The zero-order valence-electron chi connectivity index (χ0n) is 12.3. The van der Waals surface area contributed by atoms with Gasteiger partial charge in [-0.25, -0.2) is 4.98 Å². The van der Waals surface area contributed by atoms with E-state index in [4.69, 9.17) is 9.15 Å². The van der Waals surface area contributed by atoms with Gasteiger partial charge < -0.3 is 19.2 Å². The van der Waals surface area contributed by atoms with Crippen LogP contribution in [-0.4, -0.2) is 52.8 Å². The Morgan fingerprint density at radius 2 is 2.45 bits per heavy atom. The number of rotatable bonds is 4. The first-order valence-electron chi connectivity index (χ1n) is 7.16. The average Bonchev–Trinajstić information content (AvgIpc) is 3.18. The summed E-state index contributed by atoms with van der Waals surface area (Å²) < 4.78 is 10.5. The third kappa shape index (κ3) is 3.21. The van der Waals surface area contributed by atoms with E-state index in [1.165, 1.54) is 11.3 Å². The summed E-state index contributed by atoms with van der Waals surface area (Å²) in [7, 11) is 0. The maximum Gasteiger partial charge on any atom is 0.229 e. The molecular formula is C15H18N2O4S. The van der Waals surface area contributed by atoms with Crippen LogP contribution in [0.25, 0.3) is 10.6 Å². The molecule has 6 nitrogen and oxygen atoms in total. The zero-order chi connectivity index (χ0) is 15.5. The molecule has 1 N–H and O–H groups in total. The predicted octanol–water partition coefficient (Wildman–Crippen LogP) is 1.55. The minimum atomic E-state index is -0.294. The zero-order valence-corrected chi connectivity index (χ0v) is 13.1. The Labute approximate surface area is 132 Å². The summed E-state index contributed by atoms with van der Waals surface area (Å²) >= 11 is 1.50. The van der Waals surface area contributed by atoms with Crippen LogP contribution in [0.15, 0.2) is 28.4 Å². The molecule has 3 heterocycles. The second kappa shape index (κ2) is 6.60. The number of morpholine rings is 1. The Morgan fingerprint density at radius 1 is 1.59 bits per heavy atom. The fraction of sp³-hybridized carbons (Fsp3) is 0.467. The van der Waals surface area contributed by atoms with E-state index >= 15 is 0 Å². The van der Waals surface area contributed by atoms with Crippen LogP contribution in [0.1, 0.15) is 12.6 Å². The van der Waals surface area contributed by atoms with Crippen LogP contribution < -0.4 is 0 Å². The van der Waals surface area contributed by atoms with Gasteiger partial charge in [0.1, 0.15) is 11.3 Å². The highest BCUT2D eigenvalue weighted by Gasteiger charge is 2.29. The molecule has 2 aromatic heterocycles. The molecule has 0 spiro atoms. The van der Waals surface area contributed by atoms with Crippen molar-refractivity contribution in [2.45, 2.75) is 25.5 Å². The van der Waals surface area contributed by atoms with Gasteiger partial charge in [-0.2, -0.15) is 0 Å². The molecule has 1 aliphatic heterocycles. The third-order valence-electron chi connectivity index (χ3n) is 3.68. The normalized spacial score (nSPS) is 22.0. The summed E-state index contributed by atoms with van der Waals surface area (Å²) in [6.45, 7) is 2.75. The monoisotopic (exact) mass is 322 g/mol. The molecule has 0 unspecified atom stereocenters. The Morgan fingerprint density at radius 3 is 3.18 bits per heavy atom. The van der Waals surface area contributed by atoms with Gasteiger partial charge in [0.25, 0.3) is 0 Å². The number of aliphatic hydroxyl groups excluding tert-OH is 1. The minimum absolute atomic E-state index is 0.0123. The Kier molecular flexibility index (Phi) is 4.56. The van der Waals surface area contributed by atoms with Gasteiger partial charge in [-0.1, -0.05) is 0 Å². The van der Waals surface area contributed by atoms with E-state index in [0.29, 0.717) is 13.2 Å². The van der Waals surface area contributed by atoms with Gasteiger partial charge in [0, 0.05) is 17.5 Å². The van der Waals surface area contributed by atoms with Crippen LogP contribution in [-0.2, 0) is 16.0 Å². The number of amides is 1. The number of thiazole rings is 1. The molecule has 1 aliphatic rings. The van der Waals surface area contributed by atoms with Crippen LogP contribution in [0.3, 0.4) is 0 Å². The molecule has 2 aromatic rings. The van der Waals surface area contributed by atoms with Crippen molar-refractivity contribution in [3.63, 3.8) is 0 Å². The lowest BCUT2D eigenvalue weighted by molar-refractivity contribution is -0.145. The number of aliphatic hydroxyl groups is 1. The van der Waals surface area contributed by atoms with Crippen LogP contribution in [0.5, 0.6) is 0 Å². The summed E-state index contributed by atoms with van der Waals surface area (Å²) in [5, 5.41) is 11.9. The lowest BCUT2D eigenvalue weighted by Crippen LogP contribution is -2.52. The van der Waals surface area contributed by atoms with Crippen LogP contribution >= 0.6 is 11.3 Å². The molecule has 1 saturated heterocycles. The van der Waals surface area contributed by atoms with Crippen molar-refractivity contribution < 1.29 is 19.1 Å². The van der Waals surface area contributed by atoms with Crippen molar-refractivity contribution in [2.75, 3.05) is 19.8 Å². The first-order chi connectivity index (χ1) is 10.7. The van der Waals surface area contributed by atoms with Crippen molar-refractivity contribution >= 4 is 17.2 Å². The van der Waals surface area contributed by atoms with Gasteiger partial charge >= 0.3 is 0 Å². The fourth-order valence-corrected chi connectivity index (χ4v) is 3.24. The first-order valence-corrected chi connectivity index (χ1v) is 8.04. The van der Waals surface area contributed by atoms with Gasteiger partial charge in [0.15, 0.2) is 0 Å². The molecule has 1 amide bonds. The van der Waals surface area contributed by atoms with E-state index in [9.17, 15) is 9.90 Å². The van der Waals surface area contributed by atoms with Crippen molar-refractivity contribution in [2.24, 2.45) is 0 Å². The number of hydrogen-bond donors (Lipinski definition) is 1. The van der Waals surface area contributed by atoms with Crippen molar-refractivity contribution in [3.8, 4) is 10.6 Å². The maximum atomic E-state index is 12.5. The number of nitrogens with zero attached hydrogens (tertiary/aromatic N) is 2. The van der Waals surface area contributed by atoms with Crippen molar-refractivity contribution in [1.82, 2.24) is 9.88 Å². The minimum Gasteiger partial charge on any atom is -0.472 e. The summed E-state index contributed by atoms with van der Waals surface area (Å²) in [6, 6.07) is 1.86. The largest absolute Gasteiger partial charge is 0.472 e. The number of ether oxygens (including phenoxy) is 1. The van der Waals surface area contributed by atoms with E-state index < -0.39 is 0 Å². The maximum absolute atomic E-state index is 12.5. The highest BCUT2D eigenvalue weighted by Crippen LogP contribution is 2.24. The second-order valence-electron chi connectivity index (χ2n) is 5.37. The van der Waals surface area contributed by atoms with Gasteiger partial charge in [-0.15, -0.1) is 11.3 Å². The number of hydrogen-bond acceptors (Lipinski definition) is 6. The van der Waals surface area contributed by atoms with Gasteiger partial charge in [0.05, 0.1) is 43.7 Å². The SMILES string of the molecule is C[C@H]1CO[C@@H](CO)CN1C(=O)Cc1csc(-c2ccoc2)n1. The molecule has 0 radical (unpaired) electrons. The van der Waals surface area contributed by atoms with Gasteiger partial charge in [-0.05, 0) is 13.0 Å². The Balaban J connectivity index is 1.66. The summed E-state index contributed by atoms with van der Waals surface area (Å²) in [5.41, 5.74) is 1.68. The molecule has 0 bridgehead atoms. The number of furan rings is 1. The number of carbonyl (C=O) groups excluding carboxylic acids is 1. The smallest absolute Gasteiger partial charge is 0.229 e. The molecular weight excluding hydrogens is 304 g/mol. The van der Waals surface area contributed by atoms with Crippen molar-refractivity contribution in [1.29, 1.82) is 0 Å². The van der Waals surface area contributed by atoms with Gasteiger partial charge in [-0.3, -0.25) is 4.79 Å². The van der Waals surface area contributed by atoms with E-state index in [1.807, 2.05) is 18.4 Å². The van der Waals surface area contributed by atoms with Crippen LogP contribution in [0, 0.1) is 0 Å².